The maximum absolute atomic E-state index is 4.46. The van der Waals surface area contributed by atoms with Crippen molar-refractivity contribution in [1.29, 1.82) is 0 Å². The fourth-order valence-electron chi connectivity index (χ4n) is 1.45. The van der Waals surface area contributed by atoms with Gasteiger partial charge in [0.05, 0.1) is 5.69 Å². The van der Waals surface area contributed by atoms with Gasteiger partial charge in [-0.3, -0.25) is 0 Å². The number of hydrogen-bond acceptors (Lipinski definition) is 1. The first kappa shape index (κ1) is 13.6. The summed E-state index contributed by atoms with van der Waals surface area (Å²) in [4.78, 5) is 4.46. The first-order valence-electron chi connectivity index (χ1n) is 5.27. The molecule has 2 aromatic rings. The van der Waals surface area contributed by atoms with Crippen molar-refractivity contribution in [1.82, 2.24) is 0 Å². The third-order valence-electron chi connectivity index (χ3n) is 2.15. The van der Waals surface area contributed by atoms with E-state index in [1.807, 2.05) is 67.6 Å². The smallest absolute Gasteiger partial charge is 0.103 e. The summed E-state index contributed by atoms with van der Waals surface area (Å²) >= 11 is 0. The van der Waals surface area contributed by atoms with E-state index < -0.39 is 0 Å². The van der Waals surface area contributed by atoms with Crippen LogP contribution in [0.3, 0.4) is 0 Å². The Morgan fingerprint density at radius 1 is 0.882 bits per heavy atom. The van der Waals surface area contributed by atoms with Crippen molar-refractivity contribution in [2.75, 3.05) is 5.32 Å². The molecule has 0 bridgehead atoms. The van der Waals surface area contributed by atoms with Crippen LogP contribution < -0.4 is 5.32 Å². The van der Waals surface area contributed by atoms with Gasteiger partial charge in [-0.05, 0) is 31.2 Å². The monoisotopic (exact) mass is 217 g/mol. The molecule has 0 spiro atoms. The van der Waals surface area contributed by atoms with Gasteiger partial charge in [-0.2, -0.15) is 0 Å². The zero-order valence-electron chi connectivity index (χ0n) is 10.2. The van der Waals surface area contributed by atoms with Crippen molar-refractivity contribution in [3.05, 3.63) is 60.7 Å². The second-order valence-electron chi connectivity index (χ2n) is 3.52. The van der Waals surface area contributed by atoms with Gasteiger partial charge in [0.15, 0.2) is 0 Å². The standard InChI is InChI=1S/C14H14N2.Li/c1-12(15-13-8-4-2-5-9-13)16-14-10-6-3-7-11-14;/h2-11H,1H3,(H,15,16);. The van der Waals surface area contributed by atoms with Gasteiger partial charge in [-0.25, -0.2) is 4.99 Å². The van der Waals surface area contributed by atoms with Gasteiger partial charge in [0.1, 0.15) is 5.84 Å². The van der Waals surface area contributed by atoms with Crippen LogP contribution in [0, 0.1) is 0 Å². The Morgan fingerprint density at radius 2 is 1.41 bits per heavy atom. The van der Waals surface area contributed by atoms with Crippen LogP contribution in [0.1, 0.15) is 6.92 Å². The summed E-state index contributed by atoms with van der Waals surface area (Å²) in [5.74, 6) is 0.886. The second kappa shape index (κ2) is 6.96. The van der Waals surface area contributed by atoms with E-state index in [0.29, 0.717) is 0 Å². The van der Waals surface area contributed by atoms with Crippen LogP contribution in [-0.4, -0.2) is 24.7 Å². The van der Waals surface area contributed by atoms with Crippen molar-refractivity contribution in [3.8, 4) is 0 Å². The van der Waals surface area contributed by atoms with Crippen LogP contribution in [0.25, 0.3) is 0 Å². The summed E-state index contributed by atoms with van der Waals surface area (Å²) in [6.45, 7) is 1.96. The van der Waals surface area contributed by atoms with Crippen LogP contribution in [0.4, 0.5) is 11.4 Å². The molecular weight excluding hydrogens is 203 g/mol. The molecule has 0 fully saturated rings. The molecule has 1 radical (unpaired) electrons. The van der Waals surface area contributed by atoms with Crippen molar-refractivity contribution in [3.63, 3.8) is 0 Å². The minimum atomic E-state index is 0. The van der Waals surface area contributed by atoms with E-state index >= 15 is 0 Å². The predicted molar refractivity (Wildman–Crippen MR) is 75.0 cm³/mol. The topological polar surface area (TPSA) is 24.4 Å². The van der Waals surface area contributed by atoms with Crippen LogP contribution in [0.15, 0.2) is 65.7 Å². The summed E-state index contributed by atoms with van der Waals surface area (Å²) in [5, 5.41) is 3.24. The molecule has 81 valence electrons. The molecule has 0 aliphatic heterocycles. The molecule has 0 aliphatic rings. The third-order valence-corrected chi connectivity index (χ3v) is 2.15. The van der Waals surface area contributed by atoms with Gasteiger partial charge in [-0.15, -0.1) is 0 Å². The van der Waals surface area contributed by atoms with E-state index in [2.05, 4.69) is 10.3 Å². The largest absolute Gasteiger partial charge is 0.344 e. The minimum absolute atomic E-state index is 0. The van der Waals surface area contributed by atoms with Gasteiger partial charge in [0.2, 0.25) is 0 Å². The van der Waals surface area contributed by atoms with Crippen molar-refractivity contribution in [2.45, 2.75) is 6.92 Å². The average Bonchev–Trinajstić information content (AvgIpc) is 2.31. The third kappa shape index (κ3) is 4.48. The molecule has 2 rings (SSSR count). The number of hydrogen-bond donors (Lipinski definition) is 1. The summed E-state index contributed by atoms with van der Waals surface area (Å²) in [6, 6.07) is 19.9. The Morgan fingerprint density at radius 3 is 2.00 bits per heavy atom. The fourth-order valence-corrected chi connectivity index (χ4v) is 1.45. The molecule has 0 unspecified atom stereocenters. The molecular formula is C14H14LiN2. The van der Waals surface area contributed by atoms with E-state index in [4.69, 9.17) is 0 Å². The Labute approximate surface area is 114 Å². The quantitative estimate of drug-likeness (QED) is 0.465. The summed E-state index contributed by atoms with van der Waals surface area (Å²) in [7, 11) is 0. The van der Waals surface area contributed by atoms with Crippen LogP contribution in [0.5, 0.6) is 0 Å². The molecule has 0 aliphatic carbocycles. The van der Waals surface area contributed by atoms with Gasteiger partial charge in [0.25, 0.3) is 0 Å². The molecule has 0 saturated carbocycles. The van der Waals surface area contributed by atoms with E-state index in [-0.39, 0.29) is 18.9 Å². The summed E-state index contributed by atoms with van der Waals surface area (Å²) in [5.41, 5.74) is 2.02. The van der Waals surface area contributed by atoms with E-state index in [0.717, 1.165) is 17.2 Å². The maximum Gasteiger partial charge on any atom is 0.103 e. The minimum Gasteiger partial charge on any atom is -0.344 e. The molecule has 0 aromatic heterocycles. The first-order valence-corrected chi connectivity index (χ1v) is 5.27. The van der Waals surface area contributed by atoms with Crippen LogP contribution in [0.2, 0.25) is 0 Å². The zero-order valence-corrected chi connectivity index (χ0v) is 10.2. The molecule has 0 amide bonds. The molecule has 0 atom stereocenters. The number of para-hydroxylation sites is 2. The molecule has 0 heterocycles. The number of anilines is 1. The predicted octanol–water partition coefficient (Wildman–Crippen LogP) is 3.47. The second-order valence-corrected chi connectivity index (χ2v) is 3.52. The van der Waals surface area contributed by atoms with Crippen LogP contribution in [-0.2, 0) is 0 Å². The number of benzene rings is 2. The fraction of sp³-hybridized carbons (Fsp3) is 0.0714. The first-order chi connectivity index (χ1) is 7.84. The molecule has 17 heavy (non-hydrogen) atoms. The van der Waals surface area contributed by atoms with Crippen molar-refractivity contribution >= 4 is 36.1 Å². The number of nitrogens with zero attached hydrogens (tertiary/aromatic N) is 1. The van der Waals surface area contributed by atoms with Gasteiger partial charge in [0, 0.05) is 24.5 Å². The van der Waals surface area contributed by atoms with E-state index in [1.54, 1.807) is 0 Å². The Kier molecular flexibility index (Phi) is 5.55. The number of aliphatic imine (C=N–C) groups is 1. The van der Waals surface area contributed by atoms with Crippen molar-refractivity contribution < 1.29 is 0 Å². The number of nitrogens with one attached hydrogen (secondary N) is 1. The van der Waals surface area contributed by atoms with Gasteiger partial charge >= 0.3 is 0 Å². The van der Waals surface area contributed by atoms with Crippen LogP contribution >= 0.6 is 0 Å². The zero-order chi connectivity index (χ0) is 11.2. The Balaban J connectivity index is 0.00000144. The van der Waals surface area contributed by atoms with E-state index in [9.17, 15) is 0 Å². The Hall–Kier alpha value is -1.49. The van der Waals surface area contributed by atoms with E-state index in [1.165, 1.54) is 0 Å². The summed E-state index contributed by atoms with van der Waals surface area (Å²) in [6.07, 6.45) is 0. The SMILES string of the molecule is CC(=Nc1ccccc1)Nc1ccccc1.[Li]. The van der Waals surface area contributed by atoms with Crippen molar-refractivity contribution in [2.24, 2.45) is 4.99 Å². The molecule has 0 saturated heterocycles. The molecule has 3 heteroatoms. The maximum atomic E-state index is 4.46. The average molecular weight is 217 g/mol. The summed E-state index contributed by atoms with van der Waals surface area (Å²) < 4.78 is 0. The Bertz CT molecular complexity index is 466. The normalized spacial score (nSPS) is 10.5. The van der Waals surface area contributed by atoms with Gasteiger partial charge in [-0.1, -0.05) is 36.4 Å². The number of amidine groups is 1. The molecule has 2 nitrogen and oxygen atoms in total. The van der Waals surface area contributed by atoms with Gasteiger partial charge < -0.3 is 5.32 Å². The molecule has 1 N–H and O–H groups in total. The molecule has 2 aromatic carbocycles. The number of rotatable bonds is 2.